The third kappa shape index (κ3) is 4.81. The van der Waals surface area contributed by atoms with Crippen LogP contribution in [0.4, 0.5) is 0 Å². The highest BCUT2D eigenvalue weighted by atomic mass is 32.2. The van der Waals surface area contributed by atoms with Crippen LogP contribution in [0.2, 0.25) is 0 Å². The molecule has 8 nitrogen and oxygen atoms in total. The van der Waals surface area contributed by atoms with Gasteiger partial charge in [0.2, 0.25) is 20.0 Å². The molecule has 2 aromatic rings. The Hall–Kier alpha value is -2.76. The Balaban J connectivity index is 1.71. The lowest BCUT2D eigenvalue weighted by Gasteiger charge is -2.22. The third-order valence-corrected chi connectivity index (χ3v) is 7.91. The molecule has 1 aliphatic rings. The van der Waals surface area contributed by atoms with Crippen LogP contribution >= 0.6 is 0 Å². The standard InChI is InChI=1S/C19H18N4O4S2/c20-13-15-1-7-18(8-2-15)28(24,25)22-11-12-23(17-5-6-17)29(26,27)19-9-3-16(14-21)4-10-19/h1-4,7-10,17,22H,5-6,11-12H2. The number of hydrogen-bond donors (Lipinski definition) is 1. The first-order chi connectivity index (χ1) is 13.8. The molecular formula is C19H18N4O4S2. The van der Waals surface area contributed by atoms with Crippen molar-refractivity contribution in [1.82, 2.24) is 9.03 Å². The highest BCUT2D eigenvalue weighted by Gasteiger charge is 2.37. The van der Waals surface area contributed by atoms with Crippen LogP contribution in [0.1, 0.15) is 24.0 Å². The highest BCUT2D eigenvalue weighted by Crippen LogP contribution is 2.31. The molecule has 0 saturated heterocycles. The minimum atomic E-state index is -3.82. The Bertz CT molecular complexity index is 1170. The van der Waals surface area contributed by atoms with E-state index in [1.807, 2.05) is 12.1 Å². The van der Waals surface area contributed by atoms with E-state index in [4.69, 9.17) is 10.5 Å². The van der Waals surface area contributed by atoms with Crippen LogP contribution in [0, 0.1) is 22.7 Å². The van der Waals surface area contributed by atoms with E-state index in [9.17, 15) is 16.8 Å². The Kier molecular flexibility index (Phi) is 6.01. The lowest BCUT2D eigenvalue weighted by Crippen LogP contribution is -2.39. The van der Waals surface area contributed by atoms with Crippen LogP contribution in [0.25, 0.3) is 0 Å². The molecule has 0 amide bonds. The summed E-state index contributed by atoms with van der Waals surface area (Å²) in [5, 5.41) is 17.7. The molecule has 0 radical (unpaired) electrons. The quantitative estimate of drug-likeness (QED) is 0.676. The topological polar surface area (TPSA) is 131 Å². The van der Waals surface area contributed by atoms with E-state index in [0.717, 1.165) is 12.8 Å². The number of nitriles is 2. The second-order valence-electron chi connectivity index (χ2n) is 6.52. The first-order valence-electron chi connectivity index (χ1n) is 8.80. The van der Waals surface area contributed by atoms with E-state index in [1.54, 1.807) is 0 Å². The van der Waals surface area contributed by atoms with Gasteiger partial charge in [-0.2, -0.15) is 14.8 Å². The maximum absolute atomic E-state index is 12.9. The molecule has 1 saturated carbocycles. The molecule has 1 N–H and O–H groups in total. The SMILES string of the molecule is N#Cc1ccc(S(=O)(=O)NCCN(C2CC2)S(=O)(=O)c2ccc(C#N)cc2)cc1. The molecule has 1 aliphatic carbocycles. The second kappa shape index (κ2) is 8.31. The number of hydrogen-bond acceptors (Lipinski definition) is 6. The fraction of sp³-hybridized carbons (Fsp3) is 0.263. The lowest BCUT2D eigenvalue weighted by molar-refractivity contribution is 0.406. The molecule has 0 atom stereocenters. The molecule has 2 aromatic carbocycles. The van der Waals surface area contributed by atoms with Gasteiger partial charge in [-0.15, -0.1) is 0 Å². The Morgan fingerprint density at radius 2 is 1.34 bits per heavy atom. The fourth-order valence-corrected chi connectivity index (χ4v) is 5.49. The summed E-state index contributed by atoms with van der Waals surface area (Å²) in [6.45, 7) is -0.100. The van der Waals surface area contributed by atoms with Gasteiger partial charge in [-0.1, -0.05) is 0 Å². The smallest absolute Gasteiger partial charge is 0.210 e. The molecule has 0 aliphatic heterocycles. The summed E-state index contributed by atoms with van der Waals surface area (Å²) in [7, 11) is -7.62. The van der Waals surface area contributed by atoms with Crippen molar-refractivity contribution in [3.8, 4) is 12.1 Å². The van der Waals surface area contributed by atoms with Crippen molar-refractivity contribution in [1.29, 1.82) is 10.5 Å². The Labute approximate surface area is 170 Å². The van der Waals surface area contributed by atoms with Crippen LogP contribution < -0.4 is 4.72 Å². The summed E-state index contributed by atoms with van der Waals surface area (Å²) in [5.41, 5.74) is 0.703. The summed E-state index contributed by atoms with van der Waals surface area (Å²) in [6.07, 6.45) is 1.44. The van der Waals surface area contributed by atoms with E-state index in [-0.39, 0.29) is 28.9 Å². The van der Waals surface area contributed by atoms with Gasteiger partial charge in [0, 0.05) is 19.1 Å². The summed E-state index contributed by atoms with van der Waals surface area (Å²) in [5.74, 6) is 0. The number of rotatable bonds is 8. The lowest BCUT2D eigenvalue weighted by atomic mass is 10.2. The predicted octanol–water partition coefficient (Wildman–Crippen LogP) is 1.56. The normalized spacial score (nSPS) is 14.3. The van der Waals surface area contributed by atoms with Gasteiger partial charge in [0.25, 0.3) is 0 Å². The largest absolute Gasteiger partial charge is 0.243 e. The summed E-state index contributed by atoms with van der Waals surface area (Å²) >= 11 is 0. The summed E-state index contributed by atoms with van der Waals surface area (Å²) < 4.78 is 54.4. The molecule has 3 rings (SSSR count). The fourth-order valence-electron chi connectivity index (χ4n) is 2.78. The van der Waals surface area contributed by atoms with E-state index >= 15 is 0 Å². The van der Waals surface area contributed by atoms with Gasteiger partial charge in [-0.05, 0) is 61.4 Å². The summed E-state index contributed by atoms with van der Waals surface area (Å²) in [6, 6.07) is 14.8. The first-order valence-corrected chi connectivity index (χ1v) is 11.7. The van der Waals surface area contributed by atoms with Gasteiger partial charge in [-0.25, -0.2) is 21.6 Å². The van der Waals surface area contributed by atoms with E-state index in [0.29, 0.717) is 11.1 Å². The Morgan fingerprint density at radius 3 is 1.79 bits per heavy atom. The van der Waals surface area contributed by atoms with Gasteiger partial charge in [0.1, 0.15) is 0 Å². The highest BCUT2D eigenvalue weighted by molar-refractivity contribution is 7.89. The van der Waals surface area contributed by atoms with Gasteiger partial charge in [-0.3, -0.25) is 0 Å². The van der Waals surface area contributed by atoms with Crippen LogP contribution in [0.3, 0.4) is 0 Å². The molecule has 0 aromatic heterocycles. The van der Waals surface area contributed by atoms with Crippen molar-refractivity contribution in [2.75, 3.05) is 13.1 Å². The van der Waals surface area contributed by atoms with E-state index in [1.165, 1.54) is 52.8 Å². The van der Waals surface area contributed by atoms with Crippen molar-refractivity contribution in [2.45, 2.75) is 28.7 Å². The van der Waals surface area contributed by atoms with Crippen molar-refractivity contribution in [3.63, 3.8) is 0 Å². The first kappa shape index (κ1) is 21.0. The van der Waals surface area contributed by atoms with Crippen molar-refractivity contribution in [2.24, 2.45) is 0 Å². The average Bonchev–Trinajstić information content (AvgIpc) is 3.56. The predicted molar refractivity (Wildman–Crippen MR) is 104 cm³/mol. The number of sulfonamides is 2. The Morgan fingerprint density at radius 1 is 0.862 bits per heavy atom. The van der Waals surface area contributed by atoms with Gasteiger partial charge in [0.15, 0.2) is 0 Å². The molecule has 150 valence electrons. The molecular weight excluding hydrogens is 412 g/mol. The van der Waals surface area contributed by atoms with Gasteiger partial charge in [0.05, 0.1) is 33.1 Å². The third-order valence-electron chi connectivity index (χ3n) is 4.46. The monoisotopic (exact) mass is 430 g/mol. The second-order valence-corrected chi connectivity index (χ2v) is 10.2. The maximum atomic E-state index is 12.9. The summed E-state index contributed by atoms with van der Waals surface area (Å²) in [4.78, 5) is 0.0720. The van der Waals surface area contributed by atoms with E-state index < -0.39 is 20.0 Å². The van der Waals surface area contributed by atoms with Crippen LogP contribution in [-0.2, 0) is 20.0 Å². The van der Waals surface area contributed by atoms with E-state index in [2.05, 4.69) is 4.72 Å². The molecule has 0 unspecified atom stereocenters. The van der Waals surface area contributed by atoms with Crippen LogP contribution in [-0.4, -0.2) is 40.3 Å². The van der Waals surface area contributed by atoms with Crippen LogP contribution in [0.15, 0.2) is 58.3 Å². The number of nitrogens with zero attached hydrogens (tertiary/aromatic N) is 3. The zero-order valence-electron chi connectivity index (χ0n) is 15.3. The molecule has 10 heteroatoms. The molecule has 1 fully saturated rings. The zero-order chi connectivity index (χ0) is 21.1. The average molecular weight is 431 g/mol. The van der Waals surface area contributed by atoms with Crippen molar-refractivity contribution in [3.05, 3.63) is 59.7 Å². The maximum Gasteiger partial charge on any atom is 0.243 e. The van der Waals surface area contributed by atoms with Crippen molar-refractivity contribution < 1.29 is 16.8 Å². The van der Waals surface area contributed by atoms with Crippen molar-refractivity contribution >= 4 is 20.0 Å². The molecule has 0 heterocycles. The van der Waals surface area contributed by atoms with Gasteiger partial charge >= 0.3 is 0 Å². The minimum Gasteiger partial charge on any atom is -0.210 e. The van der Waals surface area contributed by atoms with Crippen LogP contribution in [0.5, 0.6) is 0 Å². The molecule has 0 bridgehead atoms. The minimum absolute atomic E-state index is 0.00409. The number of benzene rings is 2. The molecule has 29 heavy (non-hydrogen) atoms. The molecule has 0 spiro atoms. The number of nitrogens with one attached hydrogen (secondary N) is 1. The zero-order valence-corrected chi connectivity index (χ0v) is 16.9. The van der Waals surface area contributed by atoms with Gasteiger partial charge < -0.3 is 0 Å².